The third-order valence-electron chi connectivity index (χ3n) is 8.95. The molecule has 2 saturated heterocycles. The highest BCUT2D eigenvalue weighted by Gasteiger charge is 2.38. The van der Waals surface area contributed by atoms with Crippen molar-refractivity contribution in [3.05, 3.63) is 53.6 Å². The fraction of sp³-hybridized carbons (Fsp3) is 0.618. The van der Waals surface area contributed by atoms with E-state index in [0.717, 1.165) is 44.2 Å². The molecule has 2 fully saturated rings. The molecule has 10 nitrogen and oxygen atoms in total. The van der Waals surface area contributed by atoms with Crippen molar-refractivity contribution in [3.8, 4) is 5.75 Å². The second kappa shape index (κ2) is 14.3. The molecule has 0 spiro atoms. The first kappa shape index (κ1) is 33.5. The van der Waals surface area contributed by atoms with Crippen LogP contribution in [0.5, 0.6) is 5.75 Å². The van der Waals surface area contributed by atoms with E-state index in [1.807, 2.05) is 25.7 Å². The first-order valence-electron chi connectivity index (χ1n) is 16.3. The van der Waals surface area contributed by atoms with Crippen LogP contribution >= 0.6 is 0 Å². The Kier molecular flexibility index (Phi) is 10.4. The summed E-state index contributed by atoms with van der Waals surface area (Å²) in [7, 11) is 0. The Morgan fingerprint density at radius 2 is 1.78 bits per heavy atom. The topological polar surface area (TPSA) is 107 Å². The SMILES string of the molecule is CC(C)c1noc(N2CCC([C@H](C)CCOc3cnc(N4C[C@H](CC(=O)OC(C)(C)C)[C@@H](c5ccc(F)cc5F)C4)nc3)CC2)n1. The Labute approximate surface area is 269 Å². The van der Waals surface area contributed by atoms with E-state index < -0.39 is 17.2 Å². The highest BCUT2D eigenvalue weighted by atomic mass is 19.1. The number of hydrogen-bond donors (Lipinski definition) is 0. The van der Waals surface area contributed by atoms with Gasteiger partial charge in [0.15, 0.2) is 11.6 Å². The maximum atomic E-state index is 14.8. The number of hydrogen-bond acceptors (Lipinski definition) is 10. The largest absolute Gasteiger partial charge is 0.490 e. The van der Waals surface area contributed by atoms with E-state index in [0.29, 0.717) is 54.8 Å². The van der Waals surface area contributed by atoms with Gasteiger partial charge in [0.1, 0.15) is 17.2 Å². The summed E-state index contributed by atoms with van der Waals surface area (Å²) < 4.78 is 45.5. The average molecular weight is 641 g/mol. The normalized spacial score (nSPS) is 19.9. The van der Waals surface area contributed by atoms with Crippen molar-refractivity contribution in [2.24, 2.45) is 17.8 Å². The third kappa shape index (κ3) is 8.50. The minimum Gasteiger partial charge on any atom is -0.490 e. The van der Waals surface area contributed by atoms with E-state index in [-0.39, 0.29) is 30.1 Å². The van der Waals surface area contributed by atoms with Crippen molar-refractivity contribution in [2.45, 2.75) is 84.7 Å². The van der Waals surface area contributed by atoms with Gasteiger partial charge in [-0.2, -0.15) is 4.98 Å². The molecule has 0 unspecified atom stereocenters. The van der Waals surface area contributed by atoms with E-state index in [1.54, 1.807) is 12.4 Å². The number of rotatable bonds is 11. The molecule has 2 aliphatic heterocycles. The maximum Gasteiger partial charge on any atom is 0.324 e. The highest BCUT2D eigenvalue weighted by molar-refractivity contribution is 5.70. The summed E-state index contributed by atoms with van der Waals surface area (Å²) in [5.41, 5.74) is -0.263. The van der Waals surface area contributed by atoms with Crippen LogP contribution in [0.4, 0.5) is 20.7 Å². The van der Waals surface area contributed by atoms with Crippen molar-refractivity contribution >= 4 is 17.9 Å². The highest BCUT2D eigenvalue weighted by Crippen LogP contribution is 2.38. The molecule has 3 atom stereocenters. The molecule has 0 aliphatic carbocycles. The Balaban J connectivity index is 1.13. The van der Waals surface area contributed by atoms with Crippen LogP contribution in [0.15, 0.2) is 35.1 Å². The maximum absolute atomic E-state index is 14.8. The van der Waals surface area contributed by atoms with Gasteiger partial charge in [0.25, 0.3) is 0 Å². The van der Waals surface area contributed by atoms with Gasteiger partial charge in [-0.3, -0.25) is 4.79 Å². The molecule has 0 radical (unpaired) electrons. The summed E-state index contributed by atoms with van der Waals surface area (Å²) in [4.78, 5) is 30.4. The molecule has 12 heteroatoms. The minimum atomic E-state index is -0.640. The van der Waals surface area contributed by atoms with Gasteiger partial charge in [-0.05, 0) is 69.4 Å². The van der Waals surface area contributed by atoms with Gasteiger partial charge < -0.3 is 23.8 Å². The van der Waals surface area contributed by atoms with Crippen LogP contribution in [0, 0.1) is 29.4 Å². The fourth-order valence-corrected chi connectivity index (χ4v) is 6.39. The van der Waals surface area contributed by atoms with Gasteiger partial charge in [0.05, 0.1) is 25.4 Å². The number of benzene rings is 1. The molecular formula is C34H46F2N6O4. The van der Waals surface area contributed by atoms with E-state index in [2.05, 4.69) is 45.8 Å². The third-order valence-corrected chi connectivity index (χ3v) is 8.95. The van der Waals surface area contributed by atoms with Gasteiger partial charge in [-0.15, -0.1) is 0 Å². The van der Waals surface area contributed by atoms with E-state index >= 15 is 0 Å². The van der Waals surface area contributed by atoms with E-state index in [1.165, 1.54) is 12.1 Å². The molecule has 4 heterocycles. The van der Waals surface area contributed by atoms with Crippen LogP contribution in [0.2, 0.25) is 0 Å². The second-order valence-electron chi connectivity index (χ2n) is 14.0. The molecular weight excluding hydrogens is 594 g/mol. The standard InChI is InChI=1S/C34H46F2N6O4/c1-21(2)31-39-33(46-40-31)41-12-9-23(10-13-41)22(3)11-14-44-26-17-37-32(38-18-26)42-19-24(15-30(43)45-34(4,5)6)28(20-42)27-8-7-25(35)16-29(27)36/h7-8,16-18,21-24,28H,9-15,19-20H2,1-6H3/t22-,24+,28+/m1/s1. The smallest absolute Gasteiger partial charge is 0.324 e. The average Bonchev–Trinajstić information content (AvgIpc) is 3.65. The van der Waals surface area contributed by atoms with Crippen LogP contribution in [-0.2, 0) is 9.53 Å². The molecule has 0 saturated carbocycles. The molecule has 0 bridgehead atoms. The molecule has 3 aromatic rings. The van der Waals surface area contributed by atoms with Crippen molar-refractivity contribution < 1.29 is 27.6 Å². The fourth-order valence-electron chi connectivity index (χ4n) is 6.39. The first-order chi connectivity index (χ1) is 21.9. The zero-order chi connectivity index (χ0) is 33.0. The van der Waals surface area contributed by atoms with Gasteiger partial charge >= 0.3 is 12.0 Å². The summed E-state index contributed by atoms with van der Waals surface area (Å²) in [5.74, 6) is 0.873. The van der Waals surface area contributed by atoms with Crippen LogP contribution < -0.4 is 14.5 Å². The van der Waals surface area contributed by atoms with Crippen molar-refractivity contribution in [2.75, 3.05) is 42.6 Å². The lowest BCUT2D eigenvalue weighted by atomic mass is 9.84. The first-order valence-corrected chi connectivity index (χ1v) is 16.3. The number of aromatic nitrogens is 4. The minimum absolute atomic E-state index is 0.101. The van der Waals surface area contributed by atoms with Crippen LogP contribution in [-0.4, -0.2) is 64.5 Å². The predicted octanol–water partition coefficient (Wildman–Crippen LogP) is 6.53. The Morgan fingerprint density at radius 1 is 1.07 bits per heavy atom. The van der Waals surface area contributed by atoms with Crippen LogP contribution in [0.25, 0.3) is 0 Å². The molecule has 1 aromatic carbocycles. The number of esters is 1. The molecule has 250 valence electrons. The molecule has 2 aromatic heterocycles. The lowest BCUT2D eigenvalue weighted by Gasteiger charge is -2.33. The Hall–Kier alpha value is -3.83. The van der Waals surface area contributed by atoms with Crippen LogP contribution in [0.3, 0.4) is 0 Å². The molecule has 0 N–H and O–H groups in total. The molecule has 46 heavy (non-hydrogen) atoms. The Bertz CT molecular complexity index is 1450. The van der Waals surface area contributed by atoms with Gasteiger partial charge in [0.2, 0.25) is 5.95 Å². The number of carbonyl (C=O) groups excluding carboxylic acids is 1. The lowest BCUT2D eigenvalue weighted by Crippen LogP contribution is -2.36. The van der Waals surface area contributed by atoms with E-state index in [9.17, 15) is 13.6 Å². The Morgan fingerprint density at radius 3 is 2.41 bits per heavy atom. The van der Waals surface area contributed by atoms with Crippen molar-refractivity contribution in [1.29, 1.82) is 0 Å². The summed E-state index contributed by atoms with van der Waals surface area (Å²) in [5, 5.41) is 4.09. The number of nitrogens with zero attached hydrogens (tertiary/aromatic N) is 6. The quantitative estimate of drug-likeness (QED) is 0.215. The van der Waals surface area contributed by atoms with Gasteiger partial charge in [-0.1, -0.05) is 32.0 Å². The van der Waals surface area contributed by atoms with E-state index in [4.69, 9.17) is 14.0 Å². The molecule has 0 amide bonds. The van der Waals surface area contributed by atoms with Crippen LogP contribution in [0.1, 0.15) is 90.4 Å². The summed E-state index contributed by atoms with van der Waals surface area (Å²) in [6, 6.07) is 4.20. The van der Waals surface area contributed by atoms with Gasteiger partial charge in [-0.25, -0.2) is 18.7 Å². The number of anilines is 2. The monoisotopic (exact) mass is 640 g/mol. The number of piperidine rings is 1. The summed E-state index contributed by atoms with van der Waals surface area (Å²) >= 11 is 0. The number of carbonyl (C=O) groups is 1. The number of halogens is 2. The number of ether oxygens (including phenoxy) is 2. The molecule has 2 aliphatic rings. The summed E-state index contributed by atoms with van der Waals surface area (Å²) in [6.07, 6.45) is 6.43. The zero-order valence-corrected chi connectivity index (χ0v) is 27.7. The van der Waals surface area contributed by atoms with Gasteiger partial charge in [0, 0.05) is 44.1 Å². The molecule has 5 rings (SSSR count). The predicted molar refractivity (Wildman–Crippen MR) is 170 cm³/mol. The lowest BCUT2D eigenvalue weighted by molar-refractivity contribution is -0.155. The van der Waals surface area contributed by atoms with Crippen molar-refractivity contribution in [3.63, 3.8) is 0 Å². The zero-order valence-electron chi connectivity index (χ0n) is 27.7. The van der Waals surface area contributed by atoms with Crippen molar-refractivity contribution in [1.82, 2.24) is 20.1 Å². The second-order valence-corrected chi connectivity index (χ2v) is 14.0. The summed E-state index contributed by atoms with van der Waals surface area (Å²) in [6.45, 7) is 15.0.